The summed E-state index contributed by atoms with van der Waals surface area (Å²) in [6.45, 7) is 11.4. The molecule has 15 atom stereocenters. The monoisotopic (exact) mass is 963 g/mol. The second kappa shape index (κ2) is 26.4. The van der Waals surface area contributed by atoms with Gasteiger partial charge in [0.2, 0.25) is 5.79 Å². The molecule has 1 aromatic heterocycles. The van der Waals surface area contributed by atoms with E-state index in [1.165, 1.54) is 12.0 Å². The first-order chi connectivity index (χ1) is 32.9. The van der Waals surface area contributed by atoms with Crippen molar-refractivity contribution in [2.75, 3.05) is 26.1 Å². The van der Waals surface area contributed by atoms with Gasteiger partial charge in [-0.25, -0.2) is 4.79 Å². The Kier molecular flexibility index (Phi) is 21.3. The Balaban J connectivity index is 1.47. The number of ketones is 2. The van der Waals surface area contributed by atoms with E-state index < -0.39 is 77.9 Å². The number of hydrogen-bond acceptors (Lipinski definition) is 14. The Morgan fingerprint density at radius 1 is 0.928 bits per heavy atom. The van der Waals surface area contributed by atoms with Crippen molar-refractivity contribution in [1.82, 2.24) is 9.88 Å². The van der Waals surface area contributed by atoms with E-state index in [9.17, 15) is 34.5 Å². The smallest absolute Gasteiger partial charge is 0.329 e. The SMILES string of the molecule is COC1CC(C[C@@H](C)[C@@H]2CC[C@H](N)/C=C(\C)C(O)[C@@H](OC)C(=O)C(C)C[C@H](C)/C=C/C=C/C=C(\C)[C@@H](Nc3cccnc3)CC3CCC(C)C(O)(O3)C(=O)C(=O)N3CCCCC3C(=O)O2)CC[C@H]1O. The maximum atomic E-state index is 14.5. The molecule has 3 fully saturated rings. The molecule has 1 aromatic rings. The summed E-state index contributed by atoms with van der Waals surface area (Å²) in [5.74, 6) is -6.40. The van der Waals surface area contributed by atoms with Crippen molar-refractivity contribution in [3.63, 3.8) is 0 Å². The molecule has 15 heteroatoms. The number of cyclic esters (lactones) is 1. The number of aromatic nitrogens is 1. The number of allylic oxidation sites excluding steroid dienone is 5. The molecule has 1 saturated carbocycles. The standard InChI is InChI=1S/C54H82N4O11/c1-33-15-10-9-11-16-34(2)43(57-41-17-14-25-56-32-41)31-42-22-19-38(6)54(65,69-42)51(62)52(63)58-26-13-12-18-44(58)53(64)68-46(35(3)28-39-20-23-45(59)47(30-39)66-7)24-21-40(55)29-37(5)49(61)50(67-8)48(60)36(4)27-33/h9-11,14-17,25,29,32-33,35-36,38-40,42-47,49-50,57,59,61,65H,12-13,18-24,26-28,30-31,55H2,1-8H3/b11-9+,15-10+,34-16+,37-29+/t33-,35-,36?,38?,39?,40+,42?,43+,44?,45-,46+,47?,49?,50+,54?/m1/s1. The van der Waals surface area contributed by atoms with Gasteiger partial charge in [0.1, 0.15) is 24.4 Å². The molecule has 1 amide bonds. The van der Waals surface area contributed by atoms with Crippen LogP contribution in [0.3, 0.4) is 0 Å². The Morgan fingerprint density at radius 2 is 1.70 bits per heavy atom. The normalized spacial score (nSPS) is 38.6. The Labute approximate surface area is 410 Å². The van der Waals surface area contributed by atoms with Gasteiger partial charge in [-0.3, -0.25) is 19.4 Å². The molecular formula is C54H82N4O11. The number of nitrogens with two attached hydrogens (primary N) is 1. The second-order valence-electron chi connectivity index (χ2n) is 20.6. The van der Waals surface area contributed by atoms with Crippen LogP contribution in [0.1, 0.15) is 125 Å². The van der Waals surface area contributed by atoms with E-state index in [2.05, 4.69) is 10.3 Å². The summed E-state index contributed by atoms with van der Waals surface area (Å²) in [5.41, 5.74) is 8.90. The number of piperidine rings is 1. The molecule has 0 aromatic carbocycles. The lowest BCUT2D eigenvalue weighted by molar-refractivity contribution is -0.263. The van der Waals surface area contributed by atoms with Crippen molar-refractivity contribution in [1.29, 1.82) is 0 Å². The van der Waals surface area contributed by atoms with Crippen molar-refractivity contribution >= 4 is 29.1 Å². The van der Waals surface area contributed by atoms with Gasteiger partial charge < -0.3 is 50.2 Å². The van der Waals surface area contributed by atoms with Crippen LogP contribution in [-0.4, -0.2) is 130 Å². The van der Waals surface area contributed by atoms with Crippen LogP contribution in [0.25, 0.3) is 0 Å². The fraction of sp³-hybridized carbons (Fsp3) is 0.685. The number of rotatable bonds is 7. The van der Waals surface area contributed by atoms with Crippen LogP contribution in [-0.2, 0) is 38.1 Å². The number of nitrogens with zero attached hydrogens (tertiary/aromatic N) is 2. The molecule has 4 heterocycles. The van der Waals surface area contributed by atoms with Crippen molar-refractivity contribution in [2.45, 2.75) is 186 Å². The number of anilines is 1. The minimum atomic E-state index is -2.42. The van der Waals surface area contributed by atoms with Crippen LogP contribution < -0.4 is 11.1 Å². The number of aliphatic hydroxyl groups is 3. The van der Waals surface area contributed by atoms with Gasteiger partial charge in [-0.1, -0.05) is 69.7 Å². The largest absolute Gasteiger partial charge is 0.461 e. The predicted octanol–water partition coefficient (Wildman–Crippen LogP) is 6.55. The van der Waals surface area contributed by atoms with Crippen LogP contribution in [0, 0.1) is 29.6 Å². The number of Topliss-reactive ketones (excluding diaryl/α,β-unsaturated/α-hetero) is 2. The number of nitrogens with one attached hydrogen (secondary N) is 1. The summed E-state index contributed by atoms with van der Waals surface area (Å²) >= 11 is 0. The van der Waals surface area contributed by atoms with E-state index in [1.807, 2.05) is 70.2 Å². The molecule has 3 aliphatic heterocycles. The molecule has 384 valence electrons. The highest BCUT2D eigenvalue weighted by atomic mass is 16.6. The van der Waals surface area contributed by atoms with Crippen molar-refractivity contribution in [2.24, 2.45) is 35.3 Å². The molecule has 0 spiro atoms. The van der Waals surface area contributed by atoms with E-state index in [-0.39, 0.29) is 48.6 Å². The quantitative estimate of drug-likeness (QED) is 0.111. The van der Waals surface area contributed by atoms with Crippen LogP contribution >= 0.6 is 0 Å². The summed E-state index contributed by atoms with van der Waals surface area (Å²) in [6, 6.07) is 1.78. The molecule has 2 bridgehead atoms. The van der Waals surface area contributed by atoms with E-state index >= 15 is 0 Å². The Bertz CT molecular complexity index is 1970. The summed E-state index contributed by atoms with van der Waals surface area (Å²) in [5, 5.41) is 37.7. The van der Waals surface area contributed by atoms with Crippen LogP contribution in [0.5, 0.6) is 0 Å². The topological polar surface area (TPSA) is 220 Å². The maximum Gasteiger partial charge on any atom is 0.329 e. The van der Waals surface area contributed by atoms with Crippen LogP contribution in [0.4, 0.5) is 5.69 Å². The molecule has 2 saturated heterocycles. The number of hydrogen-bond donors (Lipinski definition) is 5. The molecule has 0 radical (unpaired) electrons. The molecule has 1 aliphatic carbocycles. The number of aliphatic hydroxyl groups excluding tert-OH is 2. The lowest BCUT2D eigenvalue weighted by atomic mass is 9.78. The van der Waals surface area contributed by atoms with Crippen LogP contribution in [0.2, 0.25) is 0 Å². The number of amides is 1. The number of methoxy groups -OCH3 is 2. The van der Waals surface area contributed by atoms with Crippen molar-refractivity contribution < 1.29 is 53.4 Å². The average Bonchev–Trinajstić information content (AvgIpc) is 3.33. The highest BCUT2D eigenvalue weighted by Gasteiger charge is 2.53. The van der Waals surface area contributed by atoms with Crippen molar-refractivity contribution in [3.05, 3.63) is 72.1 Å². The van der Waals surface area contributed by atoms with Crippen molar-refractivity contribution in [3.8, 4) is 0 Å². The average molecular weight is 963 g/mol. The van der Waals surface area contributed by atoms with Gasteiger partial charge in [-0.15, -0.1) is 0 Å². The Morgan fingerprint density at radius 3 is 2.41 bits per heavy atom. The first kappa shape index (κ1) is 55.8. The third-order valence-electron chi connectivity index (χ3n) is 15.1. The minimum Gasteiger partial charge on any atom is -0.461 e. The maximum absolute atomic E-state index is 14.5. The van der Waals surface area contributed by atoms with E-state index in [4.69, 9.17) is 24.7 Å². The third-order valence-corrected chi connectivity index (χ3v) is 15.1. The molecule has 15 nitrogen and oxygen atoms in total. The number of ether oxygens (including phenoxy) is 4. The Hall–Kier alpha value is -4.09. The zero-order valence-electron chi connectivity index (χ0n) is 42.3. The van der Waals surface area contributed by atoms with Gasteiger partial charge in [0.25, 0.3) is 11.7 Å². The predicted molar refractivity (Wildman–Crippen MR) is 264 cm³/mol. The summed E-state index contributed by atoms with van der Waals surface area (Å²) < 4.78 is 23.9. The molecule has 6 N–H and O–H groups in total. The lowest BCUT2D eigenvalue weighted by Crippen LogP contribution is -2.61. The molecule has 69 heavy (non-hydrogen) atoms. The van der Waals surface area contributed by atoms with Gasteiger partial charge in [-0.05, 0) is 133 Å². The van der Waals surface area contributed by atoms with Gasteiger partial charge in [0, 0.05) is 57.1 Å². The van der Waals surface area contributed by atoms with Gasteiger partial charge in [0.15, 0.2) is 5.78 Å². The third kappa shape index (κ3) is 15.2. The highest BCUT2D eigenvalue weighted by Crippen LogP contribution is 2.38. The van der Waals surface area contributed by atoms with Crippen LogP contribution in [0.15, 0.2) is 72.1 Å². The second-order valence-corrected chi connectivity index (χ2v) is 20.6. The first-order valence-electron chi connectivity index (χ1n) is 25.4. The summed E-state index contributed by atoms with van der Waals surface area (Å²) in [6.07, 6.45) is 17.2. The van der Waals surface area contributed by atoms with E-state index in [0.717, 1.165) is 17.7 Å². The number of fused-ring (bicyclic) bond motifs is 3. The number of pyridine rings is 1. The highest BCUT2D eigenvalue weighted by molar-refractivity contribution is 6.39. The number of esters is 1. The fourth-order valence-electron chi connectivity index (χ4n) is 10.7. The van der Waals surface area contributed by atoms with Gasteiger partial charge in [-0.2, -0.15) is 0 Å². The molecule has 4 aliphatic rings. The zero-order chi connectivity index (χ0) is 50.4. The van der Waals surface area contributed by atoms with Gasteiger partial charge >= 0.3 is 5.97 Å². The minimum absolute atomic E-state index is 0.0323. The molecule has 5 rings (SSSR count). The number of carbonyl (C=O) groups excluding carboxylic acids is 4. The summed E-state index contributed by atoms with van der Waals surface area (Å²) in [7, 11) is 3.01. The lowest BCUT2D eigenvalue weighted by Gasteiger charge is -2.43. The van der Waals surface area contributed by atoms with Gasteiger partial charge in [0.05, 0.1) is 24.0 Å². The molecule has 8 unspecified atom stereocenters. The molecular weight excluding hydrogens is 881 g/mol. The number of carbonyl (C=O) groups is 4. The fourth-order valence-corrected chi connectivity index (χ4v) is 10.7. The first-order valence-corrected chi connectivity index (χ1v) is 25.4. The zero-order valence-corrected chi connectivity index (χ0v) is 42.3. The summed E-state index contributed by atoms with van der Waals surface area (Å²) in [4.78, 5) is 62.5. The van der Waals surface area contributed by atoms with E-state index in [0.29, 0.717) is 76.2 Å². The van der Waals surface area contributed by atoms with E-state index in [1.54, 1.807) is 39.4 Å².